The first-order valence-electron chi connectivity index (χ1n) is 7.27. The summed E-state index contributed by atoms with van der Waals surface area (Å²) in [6.07, 6.45) is -11.6. The Bertz CT molecular complexity index is 369. The van der Waals surface area contributed by atoms with Gasteiger partial charge >= 0.3 is 6.18 Å². The molecule has 0 aromatic heterocycles. The molecule has 0 saturated heterocycles. The minimum Gasteiger partial charge on any atom is -0.207 e. The number of alkyl halides is 10. The van der Waals surface area contributed by atoms with Crippen molar-refractivity contribution in [2.45, 2.75) is 69.9 Å². The third-order valence-corrected chi connectivity index (χ3v) is 4.42. The van der Waals surface area contributed by atoms with E-state index in [0.29, 0.717) is 6.42 Å². The topological polar surface area (TPSA) is 0 Å². The second kappa shape index (κ2) is 8.49. The summed E-state index contributed by atoms with van der Waals surface area (Å²) in [7, 11) is 0. The molecule has 24 heavy (non-hydrogen) atoms. The van der Waals surface area contributed by atoms with Crippen LogP contribution in [0.1, 0.15) is 46.0 Å². The van der Waals surface area contributed by atoms with Crippen LogP contribution in [0, 0.1) is 11.8 Å². The van der Waals surface area contributed by atoms with Crippen LogP contribution in [0.2, 0.25) is 0 Å². The van der Waals surface area contributed by atoms with Crippen molar-refractivity contribution in [3.8, 4) is 0 Å². The van der Waals surface area contributed by atoms with E-state index in [1.807, 2.05) is 0 Å². The van der Waals surface area contributed by atoms with Gasteiger partial charge in [-0.25, -0.2) is 26.3 Å². The number of halogens is 10. The lowest BCUT2D eigenvalue weighted by molar-refractivity contribution is -0.211. The van der Waals surface area contributed by atoms with Crippen molar-refractivity contribution in [2.75, 3.05) is 5.33 Å². The van der Waals surface area contributed by atoms with E-state index in [4.69, 9.17) is 0 Å². The minimum atomic E-state index is -4.98. The third-order valence-electron chi connectivity index (χ3n) is 3.51. The Balaban J connectivity index is 5.10. The van der Waals surface area contributed by atoms with E-state index < -0.39 is 61.5 Å². The third kappa shape index (κ3) is 9.98. The summed E-state index contributed by atoms with van der Waals surface area (Å²) in [6.45, 7) is 1.72. The summed E-state index contributed by atoms with van der Waals surface area (Å²) < 4.78 is 118. The van der Waals surface area contributed by atoms with Crippen LogP contribution < -0.4 is 0 Å². The Morgan fingerprint density at radius 3 is 1.67 bits per heavy atom. The Hall–Kier alpha value is -0.150. The molecule has 0 amide bonds. The summed E-state index contributed by atoms with van der Waals surface area (Å²) in [5.41, 5.74) is 0. The van der Waals surface area contributed by atoms with E-state index in [9.17, 15) is 39.5 Å². The van der Waals surface area contributed by atoms with Gasteiger partial charge in [0, 0.05) is 11.8 Å². The summed E-state index contributed by atoms with van der Waals surface area (Å²) in [4.78, 5) is 0. The molecule has 0 saturated carbocycles. The smallest absolute Gasteiger partial charge is 0.207 e. The Morgan fingerprint density at radius 2 is 1.33 bits per heavy atom. The van der Waals surface area contributed by atoms with Gasteiger partial charge in [-0.1, -0.05) is 29.3 Å². The molecule has 0 aliphatic heterocycles. The lowest BCUT2D eigenvalue weighted by Gasteiger charge is -2.30. The van der Waals surface area contributed by atoms with Crippen molar-refractivity contribution in [1.29, 1.82) is 0 Å². The average molecular weight is 439 g/mol. The van der Waals surface area contributed by atoms with Crippen molar-refractivity contribution in [2.24, 2.45) is 11.8 Å². The quantitative estimate of drug-likeness (QED) is 0.252. The van der Waals surface area contributed by atoms with Crippen molar-refractivity contribution in [3.05, 3.63) is 0 Å². The van der Waals surface area contributed by atoms with Gasteiger partial charge in [-0.2, -0.15) is 13.2 Å². The molecule has 0 aliphatic rings. The van der Waals surface area contributed by atoms with Crippen LogP contribution in [0.3, 0.4) is 0 Å². The highest BCUT2D eigenvalue weighted by molar-refractivity contribution is 9.09. The van der Waals surface area contributed by atoms with Crippen LogP contribution in [0.15, 0.2) is 0 Å². The SMILES string of the molecule is CCC(CBr)CC(CC(F)(F)CC(F)(F)CC(C)(F)F)C(F)(F)F. The monoisotopic (exact) mass is 438 g/mol. The predicted molar refractivity (Wildman–Crippen MR) is 76.1 cm³/mol. The second-order valence-electron chi connectivity index (χ2n) is 6.24. The molecule has 0 rings (SSSR count). The Kier molecular flexibility index (Phi) is 8.44. The van der Waals surface area contributed by atoms with E-state index in [-0.39, 0.29) is 12.3 Å². The molecule has 0 spiro atoms. The second-order valence-corrected chi connectivity index (χ2v) is 6.89. The molecule has 0 nitrogen and oxygen atoms in total. The van der Waals surface area contributed by atoms with Crippen LogP contribution in [0.25, 0.3) is 0 Å². The maximum absolute atomic E-state index is 13.7. The van der Waals surface area contributed by atoms with Gasteiger partial charge in [0.15, 0.2) is 0 Å². The normalized spacial score (nSPS) is 17.0. The highest BCUT2D eigenvalue weighted by Gasteiger charge is 2.52. The molecule has 0 aromatic rings. The van der Waals surface area contributed by atoms with E-state index in [2.05, 4.69) is 15.9 Å². The van der Waals surface area contributed by atoms with Crippen molar-refractivity contribution in [1.82, 2.24) is 0 Å². The van der Waals surface area contributed by atoms with Gasteiger partial charge in [0.1, 0.15) is 0 Å². The summed E-state index contributed by atoms with van der Waals surface area (Å²) in [5.74, 6) is -15.8. The molecule has 0 aromatic carbocycles. The standard InChI is InChI=1S/C14H20BrF9/c1-3-9(6-15)4-10(14(22,23)24)5-12(18,19)8-13(20,21)7-11(2,16)17/h9-10H,3-8H2,1-2H3. The van der Waals surface area contributed by atoms with Crippen LogP contribution in [-0.4, -0.2) is 29.3 Å². The van der Waals surface area contributed by atoms with E-state index in [1.165, 1.54) is 0 Å². The number of rotatable bonds is 10. The predicted octanol–water partition coefficient (Wildman–Crippen LogP) is 7.07. The van der Waals surface area contributed by atoms with Crippen LogP contribution in [0.5, 0.6) is 0 Å². The molecule has 0 aliphatic carbocycles. The van der Waals surface area contributed by atoms with E-state index in [0.717, 1.165) is 0 Å². The fraction of sp³-hybridized carbons (Fsp3) is 1.00. The van der Waals surface area contributed by atoms with Crippen molar-refractivity contribution in [3.63, 3.8) is 0 Å². The van der Waals surface area contributed by atoms with Gasteiger partial charge in [0.25, 0.3) is 17.8 Å². The highest BCUT2D eigenvalue weighted by Crippen LogP contribution is 2.45. The first kappa shape index (κ1) is 23.9. The highest BCUT2D eigenvalue weighted by atomic mass is 79.9. The molecular formula is C14H20BrF9. The molecule has 2 unspecified atom stereocenters. The Morgan fingerprint density at radius 1 is 0.833 bits per heavy atom. The molecule has 10 heteroatoms. The number of hydrogen-bond acceptors (Lipinski definition) is 0. The Labute approximate surface area is 143 Å². The first-order chi connectivity index (χ1) is 10.5. The van der Waals surface area contributed by atoms with Crippen LogP contribution in [-0.2, 0) is 0 Å². The molecule has 0 N–H and O–H groups in total. The zero-order valence-corrected chi connectivity index (χ0v) is 14.8. The molecule has 0 bridgehead atoms. The van der Waals surface area contributed by atoms with Crippen LogP contribution >= 0.6 is 15.9 Å². The van der Waals surface area contributed by atoms with Crippen LogP contribution in [0.4, 0.5) is 39.5 Å². The fourth-order valence-electron chi connectivity index (χ4n) is 2.40. The maximum atomic E-state index is 13.7. The largest absolute Gasteiger partial charge is 0.392 e. The number of hydrogen-bond donors (Lipinski definition) is 0. The average Bonchev–Trinajstić information content (AvgIpc) is 2.27. The van der Waals surface area contributed by atoms with Gasteiger partial charge in [-0.15, -0.1) is 0 Å². The van der Waals surface area contributed by atoms with E-state index >= 15 is 0 Å². The minimum absolute atomic E-state index is 0.138. The zero-order valence-electron chi connectivity index (χ0n) is 13.2. The van der Waals surface area contributed by atoms with Gasteiger partial charge < -0.3 is 0 Å². The molecule has 0 radical (unpaired) electrons. The van der Waals surface area contributed by atoms with Gasteiger partial charge in [0.05, 0.1) is 18.8 Å². The molecule has 0 heterocycles. The zero-order chi connectivity index (χ0) is 19.4. The lowest BCUT2D eigenvalue weighted by atomic mass is 9.87. The molecular weight excluding hydrogens is 419 g/mol. The molecule has 0 fully saturated rings. The van der Waals surface area contributed by atoms with Gasteiger partial charge in [-0.3, -0.25) is 0 Å². The fourth-order valence-corrected chi connectivity index (χ4v) is 3.12. The van der Waals surface area contributed by atoms with Gasteiger partial charge in [-0.05, 0) is 19.3 Å². The van der Waals surface area contributed by atoms with E-state index in [1.54, 1.807) is 6.92 Å². The van der Waals surface area contributed by atoms with Crippen molar-refractivity contribution < 1.29 is 39.5 Å². The lowest BCUT2D eigenvalue weighted by Crippen LogP contribution is -2.38. The first-order valence-corrected chi connectivity index (χ1v) is 8.39. The molecule has 146 valence electrons. The summed E-state index contributed by atoms with van der Waals surface area (Å²) >= 11 is 2.97. The van der Waals surface area contributed by atoms with Gasteiger partial charge in [0.2, 0.25) is 0 Å². The molecule has 2 atom stereocenters. The van der Waals surface area contributed by atoms with Crippen molar-refractivity contribution >= 4 is 15.9 Å². The summed E-state index contributed by atoms with van der Waals surface area (Å²) in [6, 6.07) is 0. The maximum Gasteiger partial charge on any atom is 0.392 e. The summed E-state index contributed by atoms with van der Waals surface area (Å²) in [5, 5.41) is 0.153.